The van der Waals surface area contributed by atoms with E-state index < -0.39 is 0 Å². The van der Waals surface area contributed by atoms with Gasteiger partial charge in [-0.3, -0.25) is 4.79 Å². The van der Waals surface area contributed by atoms with Gasteiger partial charge in [0.05, 0.1) is 6.20 Å². The van der Waals surface area contributed by atoms with Gasteiger partial charge in [0.15, 0.2) is 0 Å². The Morgan fingerprint density at radius 3 is 3.13 bits per heavy atom. The molecule has 1 amide bonds. The Kier molecular flexibility index (Phi) is 2.73. The van der Waals surface area contributed by atoms with Gasteiger partial charge in [-0.05, 0) is 19.8 Å². The Morgan fingerprint density at radius 1 is 1.73 bits per heavy atom. The van der Waals surface area contributed by atoms with Crippen LogP contribution < -0.4 is 5.73 Å². The Balaban J connectivity index is 2.07. The van der Waals surface area contributed by atoms with Gasteiger partial charge in [-0.15, -0.1) is 0 Å². The number of carbonyl (C=O) groups is 1. The third-order valence-electron chi connectivity index (χ3n) is 2.55. The molecule has 0 spiro atoms. The van der Waals surface area contributed by atoms with Crippen molar-refractivity contribution in [2.24, 2.45) is 5.73 Å². The number of rotatable bonds is 1. The van der Waals surface area contributed by atoms with E-state index in [0.29, 0.717) is 12.3 Å². The predicted octanol–water partition coefficient (Wildman–Crippen LogP) is 0.546. The molecule has 1 unspecified atom stereocenters. The predicted molar refractivity (Wildman–Crippen MR) is 54.4 cm³/mol. The maximum Gasteiger partial charge on any atom is 0.309 e. The molecule has 0 bridgehead atoms. The molecule has 1 atom stereocenters. The van der Waals surface area contributed by atoms with Crippen molar-refractivity contribution in [3.63, 3.8) is 0 Å². The van der Waals surface area contributed by atoms with Gasteiger partial charge in [0.2, 0.25) is 0 Å². The molecule has 1 aliphatic heterocycles. The van der Waals surface area contributed by atoms with Crippen molar-refractivity contribution in [2.75, 3.05) is 13.1 Å². The number of nitrogens with zero attached hydrogens (tertiary/aromatic N) is 2. The first-order chi connectivity index (χ1) is 7.16. The van der Waals surface area contributed by atoms with Crippen LogP contribution in [-0.4, -0.2) is 34.9 Å². The molecule has 0 saturated carbocycles. The molecule has 1 saturated heterocycles. The third kappa shape index (κ3) is 2.18. The Morgan fingerprint density at radius 2 is 2.53 bits per heavy atom. The van der Waals surface area contributed by atoms with Crippen LogP contribution >= 0.6 is 0 Å². The second kappa shape index (κ2) is 4.02. The standard InChI is InChI=1S/C10H15N3O2/c1-7-5-12-9(15-7)10(14)13-4-2-3-8(11)6-13/h5,8H,2-4,6,11H2,1H3. The summed E-state index contributed by atoms with van der Waals surface area (Å²) in [7, 11) is 0. The second-order valence-electron chi connectivity index (χ2n) is 3.93. The van der Waals surface area contributed by atoms with Gasteiger partial charge >= 0.3 is 5.91 Å². The molecule has 5 nitrogen and oxygen atoms in total. The number of hydrogen-bond donors (Lipinski definition) is 1. The van der Waals surface area contributed by atoms with Crippen molar-refractivity contribution in [3.05, 3.63) is 17.8 Å². The molecule has 2 rings (SSSR count). The van der Waals surface area contributed by atoms with E-state index in [1.807, 2.05) is 0 Å². The van der Waals surface area contributed by atoms with Crippen LogP contribution in [0.1, 0.15) is 29.3 Å². The topological polar surface area (TPSA) is 72.4 Å². The van der Waals surface area contributed by atoms with E-state index in [2.05, 4.69) is 4.98 Å². The largest absolute Gasteiger partial charge is 0.438 e. The Hall–Kier alpha value is -1.36. The quantitative estimate of drug-likeness (QED) is 0.733. The summed E-state index contributed by atoms with van der Waals surface area (Å²) in [5.41, 5.74) is 5.80. The summed E-state index contributed by atoms with van der Waals surface area (Å²) in [5, 5.41) is 0. The lowest BCUT2D eigenvalue weighted by molar-refractivity contribution is 0.0667. The summed E-state index contributed by atoms with van der Waals surface area (Å²) in [6, 6.07) is 0.0822. The molecule has 1 aromatic heterocycles. The maximum atomic E-state index is 11.9. The van der Waals surface area contributed by atoms with Crippen LogP contribution in [0.4, 0.5) is 0 Å². The van der Waals surface area contributed by atoms with Crippen LogP contribution in [0.25, 0.3) is 0 Å². The maximum absolute atomic E-state index is 11.9. The lowest BCUT2D eigenvalue weighted by atomic mass is 10.1. The summed E-state index contributed by atoms with van der Waals surface area (Å²) < 4.78 is 5.19. The van der Waals surface area contributed by atoms with Crippen molar-refractivity contribution < 1.29 is 9.21 Å². The zero-order valence-corrected chi connectivity index (χ0v) is 8.77. The minimum Gasteiger partial charge on any atom is -0.438 e. The third-order valence-corrected chi connectivity index (χ3v) is 2.55. The molecular formula is C10H15N3O2. The first-order valence-corrected chi connectivity index (χ1v) is 5.14. The minimum absolute atomic E-state index is 0.0822. The zero-order valence-electron chi connectivity index (χ0n) is 8.77. The normalized spacial score (nSPS) is 21.7. The first-order valence-electron chi connectivity index (χ1n) is 5.14. The first kappa shape index (κ1) is 10.2. The lowest BCUT2D eigenvalue weighted by Gasteiger charge is -2.29. The van der Waals surface area contributed by atoms with E-state index in [4.69, 9.17) is 10.2 Å². The van der Waals surface area contributed by atoms with E-state index in [-0.39, 0.29) is 17.8 Å². The number of aryl methyl sites for hydroxylation is 1. The number of likely N-dealkylation sites (tertiary alicyclic amines) is 1. The number of aromatic nitrogens is 1. The zero-order chi connectivity index (χ0) is 10.8. The number of oxazole rings is 1. The van der Waals surface area contributed by atoms with E-state index in [0.717, 1.165) is 19.4 Å². The number of piperidine rings is 1. The van der Waals surface area contributed by atoms with Gasteiger partial charge in [-0.25, -0.2) is 4.98 Å². The fourth-order valence-corrected chi connectivity index (χ4v) is 1.78. The van der Waals surface area contributed by atoms with Crippen molar-refractivity contribution in [2.45, 2.75) is 25.8 Å². The number of carbonyl (C=O) groups excluding carboxylic acids is 1. The molecule has 0 aromatic carbocycles. The van der Waals surface area contributed by atoms with Gasteiger partial charge in [0.25, 0.3) is 5.89 Å². The summed E-state index contributed by atoms with van der Waals surface area (Å²) in [6.45, 7) is 3.11. The van der Waals surface area contributed by atoms with Crippen LogP contribution in [0.5, 0.6) is 0 Å². The fourth-order valence-electron chi connectivity index (χ4n) is 1.78. The van der Waals surface area contributed by atoms with E-state index in [1.165, 1.54) is 0 Å². The lowest BCUT2D eigenvalue weighted by Crippen LogP contribution is -2.45. The smallest absolute Gasteiger partial charge is 0.309 e. The highest BCUT2D eigenvalue weighted by molar-refractivity contribution is 5.89. The average molecular weight is 209 g/mol. The van der Waals surface area contributed by atoms with E-state index in [1.54, 1.807) is 18.0 Å². The molecule has 5 heteroatoms. The minimum atomic E-state index is -0.154. The number of hydrogen-bond acceptors (Lipinski definition) is 4. The molecule has 0 aliphatic carbocycles. The number of nitrogens with two attached hydrogens (primary N) is 1. The highest BCUT2D eigenvalue weighted by Crippen LogP contribution is 2.12. The molecule has 1 aromatic rings. The molecule has 2 heterocycles. The van der Waals surface area contributed by atoms with Crippen LogP contribution in [0.15, 0.2) is 10.6 Å². The molecule has 15 heavy (non-hydrogen) atoms. The molecule has 1 aliphatic rings. The van der Waals surface area contributed by atoms with Crippen LogP contribution in [-0.2, 0) is 0 Å². The Labute approximate surface area is 88.3 Å². The van der Waals surface area contributed by atoms with Crippen molar-refractivity contribution in [1.29, 1.82) is 0 Å². The molecule has 0 radical (unpaired) electrons. The molecule has 1 fully saturated rings. The second-order valence-corrected chi connectivity index (χ2v) is 3.93. The highest BCUT2D eigenvalue weighted by Gasteiger charge is 2.25. The summed E-state index contributed by atoms with van der Waals surface area (Å²) in [4.78, 5) is 17.5. The molecular weight excluding hydrogens is 194 g/mol. The summed E-state index contributed by atoms with van der Waals surface area (Å²) in [5.74, 6) is 0.666. The number of amides is 1. The summed E-state index contributed by atoms with van der Waals surface area (Å²) in [6.07, 6.45) is 3.48. The Bertz CT molecular complexity index is 361. The van der Waals surface area contributed by atoms with Crippen LogP contribution in [0.3, 0.4) is 0 Å². The van der Waals surface area contributed by atoms with Crippen molar-refractivity contribution >= 4 is 5.91 Å². The monoisotopic (exact) mass is 209 g/mol. The van der Waals surface area contributed by atoms with Crippen molar-refractivity contribution in [3.8, 4) is 0 Å². The molecule has 82 valence electrons. The highest BCUT2D eigenvalue weighted by atomic mass is 16.4. The van der Waals surface area contributed by atoms with E-state index in [9.17, 15) is 4.79 Å². The SMILES string of the molecule is Cc1cnc(C(=O)N2CCCC(N)C2)o1. The van der Waals surface area contributed by atoms with Gasteiger partial charge in [-0.1, -0.05) is 0 Å². The fraction of sp³-hybridized carbons (Fsp3) is 0.600. The van der Waals surface area contributed by atoms with E-state index >= 15 is 0 Å². The van der Waals surface area contributed by atoms with Gasteiger partial charge < -0.3 is 15.1 Å². The van der Waals surface area contributed by atoms with Gasteiger partial charge in [0.1, 0.15) is 5.76 Å². The average Bonchev–Trinajstić information content (AvgIpc) is 2.64. The van der Waals surface area contributed by atoms with Gasteiger partial charge in [-0.2, -0.15) is 0 Å². The van der Waals surface area contributed by atoms with Crippen LogP contribution in [0, 0.1) is 6.92 Å². The van der Waals surface area contributed by atoms with Crippen molar-refractivity contribution in [1.82, 2.24) is 9.88 Å². The summed E-state index contributed by atoms with van der Waals surface area (Å²) >= 11 is 0. The molecule has 2 N–H and O–H groups in total. The van der Waals surface area contributed by atoms with Gasteiger partial charge in [0, 0.05) is 19.1 Å². The van der Waals surface area contributed by atoms with Crippen LogP contribution in [0.2, 0.25) is 0 Å².